The molecule has 1 N–H and O–H groups in total. The second-order valence-electron chi connectivity index (χ2n) is 3.43. The van der Waals surface area contributed by atoms with E-state index in [2.05, 4.69) is 5.32 Å². The van der Waals surface area contributed by atoms with Crippen molar-refractivity contribution in [1.29, 1.82) is 0 Å². The minimum absolute atomic E-state index is 0.0382. The van der Waals surface area contributed by atoms with Crippen LogP contribution in [-0.2, 0) is 4.74 Å². The minimum Gasteiger partial charge on any atom is -0.444 e. The predicted molar refractivity (Wildman–Crippen MR) is 77.1 cm³/mol. The summed E-state index contributed by atoms with van der Waals surface area (Å²) >= 11 is 3.36. The van der Waals surface area contributed by atoms with Crippen LogP contribution >= 0.6 is 23.5 Å². The molecule has 0 aliphatic carbocycles. The SMILES string of the molecule is CSCC(CSC)OC(=O)Nc1ccccc1. The first-order chi connectivity index (χ1) is 8.26. The molecule has 17 heavy (non-hydrogen) atoms. The molecule has 0 aromatic heterocycles. The number of nitrogens with one attached hydrogen (secondary N) is 1. The van der Waals surface area contributed by atoms with E-state index >= 15 is 0 Å². The summed E-state index contributed by atoms with van der Waals surface area (Å²) in [6, 6.07) is 9.31. The Kier molecular flexibility index (Phi) is 6.96. The van der Waals surface area contributed by atoms with Crippen LogP contribution in [0.1, 0.15) is 0 Å². The molecule has 94 valence electrons. The van der Waals surface area contributed by atoms with Gasteiger partial charge in [0.2, 0.25) is 0 Å². The van der Waals surface area contributed by atoms with E-state index in [-0.39, 0.29) is 12.2 Å². The minimum atomic E-state index is -0.385. The first-order valence-electron chi connectivity index (χ1n) is 5.26. The maximum atomic E-state index is 11.6. The van der Waals surface area contributed by atoms with Gasteiger partial charge in [0.1, 0.15) is 6.10 Å². The quantitative estimate of drug-likeness (QED) is 0.861. The molecule has 0 unspecified atom stereocenters. The molecule has 3 nitrogen and oxygen atoms in total. The molecule has 0 atom stereocenters. The topological polar surface area (TPSA) is 38.3 Å². The van der Waals surface area contributed by atoms with Crippen molar-refractivity contribution in [2.24, 2.45) is 0 Å². The van der Waals surface area contributed by atoms with E-state index in [9.17, 15) is 4.79 Å². The Labute approximate surface area is 111 Å². The van der Waals surface area contributed by atoms with Crippen molar-refractivity contribution in [3.63, 3.8) is 0 Å². The van der Waals surface area contributed by atoms with Gasteiger partial charge >= 0.3 is 6.09 Å². The fourth-order valence-corrected chi connectivity index (χ4v) is 2.57. The van der Waals surface area contributed by atoms with Gasteiger partial charge in [0.15, 0.2) is 0 Å². The maximum Gasteiger partial charge on any atom is 0.411 e. The molecule has 1 rings (SSSR count). The van der Waals surface area contributed by atoms with Crippen LogP contribution in [-0.4, -0.2) is 36.2 Å². The number of amides is 1. The molecule has 0 radical (unpaired) electrons. The summed E-state index contributed by atoms with van der Waals surface area (Å²) < 4.78 is 5.34. The summed E-state index contributed by atoms with van der Waals surface area (Å²) in [5.74, 6) is 1.64. The zero-order chi connectivity index (χ0) is 12.5. The van der Waals surface area contributed by atoms with Crippen molar-refractivity contribution in [3.8, 4) is 0 Å². The Bertz CT molecular complexity index is 327. The van der Waals surface area contributed by atoms with Gasteiger partial charge in [-0.25, -0.2) is 4.79 Å². The zero-order valence-corrected chi connectivity index (χ0v) is 11.6. The number of hydrogen-bond acceptors (Lipinski definition) is 4. The van der Waals surface area contributed by atoms with Crippen molar-refractivity contribution < 1.29 is 9.53 Å². The molecule has 1 amide bonds. The van der Waals surface area contributed by atoms with Crippen molar-refractivity contribution in [2.75, 3.05) is 29.3 Å². The molecule has 1 aromatic rings. The standard InChI is InChI=1S/C12H17NO2S2/c1-16-8-11(9-17-2)15-12(14)13-10-6-4-3-5-7-10/h3-7,11H,8-9H2,1-2H3,(H,13,14). The summed E-state index contributed by atoms with van der Waals surface area (Å²) in [5.41, 5.74) is 0.754. The number of ether oxygens (including phenoxy) is 1. The van der Waals surface area contributed by atoms with Gasteiger partial charge in [-0.05, 0) is 24.6 Å². The molecule has 0 heterocycles. The van der Waals surface area contributed by atoms with Gasteiger partial charge in [-0.15, -0.1) is 0 Å². The van der Waals surface area contributed by atoms with Gasteiger partial charge in [-0.2, -0.15) is 23.5 Å². The van der Waals surface area contributed by atoms with Gasteiger partial charge in [-0.1, -0.05) is 18.2 Å². The molecule has 0 fully saturated rings. The number of rotatable bonds is 6. The molecule has 0 aliphatic heterocycles. The van der Waals surface area contributed by atoms with Gasteiger partial charge in [0.05, 0.1) is 0 Å². The second kappa shape index (κ2) is 8.31. The fraction of sp³-hybridized carbons (Fsp3) is 0.417. The molecule has 5 heteroatoms. The van der Waals surface area contributed by atoms with Crippen molar-refractivity contribution >= 4 is 35.3 Å². The van der Waals surface area contributed by atoms with Crippen LogP contribution in [0.4, 0.5) is 10.5 Å². The van der Waals surface area contributed by atoms with Crippen LogP contribution in [0.5, 0.6) is 0 Å². The van der Waals surface area contributed by atoms with Crippen LogP contribution in [0.3, 0.4) is 0 Å². The van der Waals surface area contributed by atoms with Crippen molar-refractivity contribution in [3.05, 3.63) is 30.3 Å². The van der Waals surface area contributed by atoms with E-state index in [4.69, 9.17) is 4.74 Å². The lowest BCUT2D eigenvalue weighted by atomic mass is 10.3. The Morgan fingerprint density at radius 3 is 2.35 bits per heavy atom. The largest absolute Gasteiger partial charge is 0.444 e. The Hall–Kier alpha value is -0.810. The smallest absolute Gasteiger partial charge is 0.411 e. The van der Waals surface area contributed by atoms with E-state index in [0.717, 1.165) is 17.2 Å². The van der Waals surface area contributed by atoms with Crippen LogP contribution in [0.2, 0.25) is 0 Å². The lowest BCUT2D eigenvalue weighted by molar-refractivity contribution is 0.134. The monoisotopic (exact) mass is 271 g/mol. The predicted octanol–water partition coefficient (Wildman–Crippen LogP) is 3.33. The molecule has 0 aliphatic rings. The van der Waals surface area contributed by atoms with Crippen LogP contribution in [0.15, 0.2) is 30.3 Å². The number of thioether (sulfide) groups is 2. The van der Waals surface area contributed by atoms with Gasteiger partial charge in [-0.3, -0.25) is 5.32 Å². The number of carbonyl (C=O) groups is 1. The van der Waals surface area contributed by atoms with E-state index < -0.39 is 0 Å². The van der Waals surface area contributed by atoms with Gasteiger partial charge in [0.25, 0.3) is 0 Å². The molecule has 0 saturated carbocycles. The lowest BCUT2D eigenvalue weighted by Gasteiger charge is -2.16. The molecule has 0 saturated heterocycles. The Balaban J connectivity index is 2.42. The molecule has 0 spiro atoms. The van der Waals surface area contributed by atoms with Gasteiger partial charge in [0, 0.05) is 17.2 Å². The highest BCUT2D eigenvalue weighted by molar-refractivity contribution is 7.99. The van der Waals surface area contributed by atoms with E-state index in [1.54, 1.807) is 23.5 Å². The van der Waals surface area contributed by atoms with E-state index in [0.29, 0.717) is 0 Å². The highest BCUT2D eigenvalue weighted by Gasteiger charge is 2.13. The normalized spacial score (nSPS) is 10.3. The highest BCUT2D eigenvalue weighted by Crippen LogP contribution is 2.10. The number of benzene rings is 1. The number of anilines is 1. The summed E-state index contributed by atoms with van der Waals surface area (Å²) in [4.78, 5) is 11.6. The summed E-state index contributed by atoms with van der Waals surface area (Å²) in [6.45, 7) is 0. The third-order valence-electron chi connectivity index (χ3n) is 2.00. The van der Waals surface area contributed by atoms with Crippen LogP contribution in [0, 0.1) is 0 Å². The average molecular weight is 271 g/mol. The number of hydrogen-bond donors (Lipinski definition) is 1. The fourth-order valence-electron chi connectivity index (χ4n) is 1.31. The van der Waals surface area contributed by atoms with Crippen molar-refractivity contribution in [1.82, 2.24) is 0 Å². The maximum absolute atomic E-state index is 11.6. The first-order valence-corrected chi connectivity index (χ1v) is 8.05. The summed E-state index contributed by atoms with van der Waals surface area (Å²) in [5, 5.41) is 2.71. The van der Waals surface area contributed by atoms with Gasteiger partial charge < -0.3 is 4.74 Å². The first kappa shape index (κ1) is 14.3. The Morgan fingerprint density at radius 2 is 1.82 bits per heavy atom. The molecule has 0 bridgehead atoms. The van der Waals surface area contributed by atoms with E-state index in [1.165, 1.54) is 0 Å². The summed E-state index contributed by atoms with van der Waals surface area (Å²) in [7, 11) is 0. The highest BCUT2D eigenvalue weighted by atomic mass is 32.2. The van der Waals surface area contributed by atoms with Crippen LogP contribution < -0.4 is 5.32 Å². The Morgan fingerprint density at radius 1 is 1.24 bits per heavy atom. The van der Waals surface area contributed by atoms with Crippen molar-refractivity contribution in [2.45, 2.75) is 6.10 Å². The summed E-state index contributed by atoms with van der Waals surface area (Å²) in [6.07, 6.45) is 3.59. The zero-order valence-electron chi connectivity index (χ0n) is 10.0. The average Bonchev–Trinajstić information content (AvgIpc) is 2.30. The third kappa shape index (κ3) is 5.89. The second-order valence-corrected chi connectivity index (χ2v) is 5.25. The molecular formula is C12H17NO2S2. The third-order valence-corrected chi connectivity index (χ3v) is 3.41. The van der Waals surface area contributed by atoms with Crippen LogP contribution in [0.25, 0.3) is 0 Å². The molecular weight excluding hydrogens is 254 g/mol. The number of para-hydroxylation sites is 1. The number of carbonyl (C=O) groups excluding carboxylic acids is 1. The lowest BCUT2D eigenvalue weighted by Crippen LogP contribution is -2.26. The molecule has 1 aromatic carbocycles. The van der Waals surface area contributed by atoms with E-state index in [1.807, 2.05) is 42.8 Å².